The molecule has 1 aliphatic rings. The van der Waals surface area contributed by atoms with E-state index in [0.717, 1.165) is 12.1 Å². The molecule has 120 valence electrons. The van der Waals surface area contributed by atoms with E-state index in [1.807, 2.05) is 10.6 Å². The Morgan fingerprint density at radius 1 is 0.750 bits per heavy atom. The maximum absolute atomic E-state index is 13.3. The SMILES string of the molecule is O=C1NC(=O)C(=Cc2ccc(-c3ccc(F)c(F)c3)cc2)C(=O)N1. The quantitative estimate of drug-likeness (QED) is 0.656. The zero-order valence-corrected chi connectivity index (χ0v) is 12.1. The van der Waals surface area contributed by atoms with Crippen LogP contribution in [0.5, 0.6) is 0 Å². The highest BCUT2D eigenvalue weighted by Crippen LogP contribution is 2.22. The molecule has 0 aliphatic carbocycles. The van der Waals surface area contributed by atoms with Gasteiger partial charge in [0.05, 0.1) is 0 Å². The third-order valence-electron chi connectivity index (χ3n) is 3.42. The molecular formula is C17H10F2N2O3. The summed E-state index contributed by atoms with van der Waals surface area (Å²) in [5, 5.41) is 3.95. The smallest absolute Gasteiger partial charge is 0.273 e. The van der Waals surface area contributed by atoms with Crippen LogP contribution in [0.15, 0.2) is 48.0 Å². The van der Waals surface area contributed by atoms with Crippen molar-refractivity contribution in [2.45, 2.75) is 0 Å². The number of imide groups is 2. The molecule has 1 heterocycles. The van der Waals surface area contributed by atoms with Gasteiger partial charge in [0.1, 0.15) is 5.57 Å². The van der Waals surface area contributed by atoms with Gasteiger partial charge >= 0.3 is 6.03 Å². The van der Waals surface area contributed by atoms with Crippen LogP contribution in [0.2, 0.25) is 0 Å². The second-order valence-electron chi connectivity index (χ2n) is 5.05. The number of rotatable bonds is 2. The average Bonchev–Trinajstić information content (AvgIpc) is 2.54. The van der Waals surface area contributed by atoms with E-state index >= 15 is 0 Å². The van der Waals surface area contributed by atoms with Crippen molar-refractivity contribution in [1.29, 1.82) is 0 Å². The van der Waals surface area contributed by atoms with Crippen molar-refractivity contribution < 1.29 is 23.2 Å². The van der Waals surface area contributed by atoms with Gasteiger partial charge < -0.3 is 0 Å². The summed E-state index contributed by atoms with van der Waals surface area (Å²) < 4.78 is 26.2. The van der Waals surface area contributed by atoms with Crippen molar-refractivity contribution in [2.24, 2.45) is 0 Å². The predicted molar refractivity (Wildman–Crippen MR) is 81.5 cm³/mol. The summed E-state index contributed by atoms with van der Waals surface area (Å²) in [7, 11) is 0. The number of hydrogen-bond donors (Lipinski definition) is 2. The Balaban J connectivity index is 1.88. The Hall–Kier alpha value is -3.35. The third-order valence-corrected chi connectivity index (χ3v) is 3.42. The highest BCUT2D eigenvalue weighted by Gasteiger charge is 2.27. The molecule has 5 nitrogen and oxygen atoms in total. The van der Waals surface area contributed by atoms with Crippen molar-refractivity contribution in [3.63, 3.8) is 0 Å². The number of carbonyl (C=O) groups is 3. The lowest BCUT2D eigenvalue weighted by molar-refractivity contribution is -0.123. The molecule has 24 heavy (non-hydrogen) atoms. The van der Waals surface area contributed by atoms with Gasteiger partial charge in [-0.25, -0.2) is 13.6 Å². The van der Waals surface area contributed by atoms with E-state index in [1.165, 1.54) is 12.1 Å². The summed E-state index contributed by atoms with van der Waals surface area (Å²) in [4.78, 5) is 34.3. The number of carbonyl (C=O) groups excluding carboxylic acids is 3. The van der Waals surface area contributed by atoms with Gasteiger partial charge in [-0.05, 0) is 34.9 Å². The van der Waals surface area contributed by atoms with E-state index in [0.29, 0.717) is 16.7 Å². The highest BCUT2D eigenvalue weighted by molar-refractivity contribution is 6.31. The van der Waals surface area contributed by atoms with Gasteiger partial charge in [-0.2, -0.15) is 0 Å². The molecule has 0 atom stereocenters. The molecular weight excluding hydrogens is 318 g/mol. The van der Waals surface area contributed by atoms with E-state index < -0.39 is 29.5 Å². The summed E-state index contributed by atoms with van der Waals surface area (Å²) in [5.41, 5.74) is 1.47. The van der Waals surface area contributed by atoms with Gasteiger partial charge in [0.2, 0.25) is 0 Å². The van der Waals surface area contributed by atoms with Crippen molar-refractivity contribution in [3.8, 4) is 11.1 Å². The Bertz CT molecular complexity index is 867. The first-order chi connectivity index (χ1) is 11.4. The van der Waals surface area contributed by atoms with E-state index in [1.54, 1.807) is 24.3 Å². The van der Waals surface area contributed by atoms with E-state index in [2.05, 4.69) is 0 Å². The molecule has 2 aromatic carbocycles. The number of hydrogen-bond acceptors (Lipinski definition) is 3. The van der Waals surface area contributed by atoms with Crippen LogP contribution in [0.4, 0.5) is 13.6 Å². The monoisotopic (exact) mass is 328 g/mol. The first-order valence-corrected chi connectivity index (χ1v) is 6.88. The predicted octanol–water partition coefficient (Wildman–Crippen LogP) is 2.38. The molecule has 2 aromatic rings. The second kappa shape index (κ2) is 6.04. The largest absolute Gasteiger partial charge is 0.328 e. The van der Waals surface area contributed by atoms with Crippen molar-refractivity contribution in [1.82, 2.24) is 10.6 Å². The number of benzene rings is 2. The lowest BCUT2D eigenvalue weighted by Gasteiger charge is -2.13. The minimum atomic E-state index is -0.945. The summed E-state index contributed by atoms with van der Waals surface area (Å²) in [6.45, 7) is 0. The maximum atomic E-state index is 13.3. The van der Waals surface area contributed by atoms with Crippen LogP contribution < -0.4 is 10.6 Å². The van der Waals surface area contributed by atoms with E-state index in [4.69, 9.17) is 0 Å². The minimum Gasteiger partial charge on any atom is -0.273 e. The van der Waals surface area contributed by atoms with Gasteiger partial charge in [-0.15, -0.1) is 0 Å². The highest BCUT2D eigenvalue weighted by atomic mass is 19.2. The molecule has 0 radical (unpaired) electrons. The zero-order chi connectivity index (χ0) is 17.3. The number of halogens is 2. The molecule has 3 rings (SSSR count). The minimum absolute atomic E-state index is 0.199. The van der Waals surface area contributed by atoms with Gasteiger partial charge in [-0.1, -0.05) is 30.3 Å². The van der Waals surface area contributed by atoms with Crippen LogP contribution in [0.3, 0.4) is 0 Å². The second-order valence-corrected chi connectivity index (χ2v) is 5.05. The molecule has 0 unspecified atom stereocenters. The normalized spacial score (nSPS) is 14.2. The fourth-order valence-corrected chi connectivity index (χ4v) is 2.22. The number of urea groups is 1. The first kappa shape index (κ1) is 15.5. The fraction of sp³-hybridized carbons (Fsp3) is 0. The molecule has 1 aliphatic heterocycles. The van der Waals surface area contributed by atoms with Gasteiger partial charge in [0.15, 0.2) is 11.6 Å². The van der Waals surface area contributed by atoms with Crippen molar-refractivity contribution in [3.05, 3.63) is 65.2 Å². The summed E-state index contributed by atoms with van der Waals surface area (Å²) in [6, 6.07) is 9.20. The molecule has 4 amide bonds. The van der Waals surface area contributed by atoms with Crippen molar-refractivity contribution >= 4 is 23.9 Å². The molecule has 0 bridgehead atoms. The fourth-order valence-electron chi connectivity index (χ4n) is 2.22. The number of barbiturate groups is 1. The summed E-state index contributed by atoms with van der Waals surface area (Å²) in [5.74, 6) is -3.44. The van der Waals surface area contributed by atoms with Gasteiger partial charge in [0, 0.05) is 0 Å². The first-order valence-electron chi connectivity index (χ1n) is 6.88. The Morgan fingerprint density at radius 2 is 1.33 bits per heavy atom. The van der Waals surface area contributed by atoms with Crippen LogP contribution in [0, 0.1) is 11.6 Å². The zero-order valence-electron chi connectivity index (χ0n) is 12.1. The Labute approximate surface area is 135 Å². The van der Waals surface area contributed by atoms with Crippen LogP contribution in [-0.4, -0.2) is 17.8 Å². The number of nitrogens with one attached hydrogen (secondary N) is 2. The van der Waals surface area contributed by atoms with Gasteiger partial charge in [0.25, 0.3) is 11.8 Å². The summed E-state index contributed by atoms with van der Waals surface area (Å²) in [6.07, 6.45) is 1.33. The Kier molecular flexibility index (Phi) is 3.91. The van der Waals surface area contributed by atoms with Crippen molar-refractivity contribution in [2.75, 3.05) is 0 Å². The number of amides is 4. The molecule has 0 spiro atoms. The Morgan fingerprint density at radius 3 is 1.92 bits per heavy atom. The van der Waals surface area contributed by atoms with E-state index in [-0.39, 0.29) is 5.57 Å². The standard InChI is InChI=1S/C17H10F2N2O3/c18-13-6-5-11(8-14(13)19)10-3-1-9(2-4-10)7-12-15(22)20-17(24)21-16(12)23/h1-8H,(H2,20,21,22,23,24). The molecule has 2 N–H and O–H groups in total. The average molecular weight is 328 g/mol. The molecule has 7 heteroatoms. The maximum Gasteiger partial charge on any atom is 0.328 e. The lowest BCUT2D eigenvalue weighted by Crippen LogP contribution is -2.51. The van der Waals surface area contributed by atoms with Crippen LogP contribution in [0.25, 0.3) is 17.2 Å². The van der Waals surface area contributed by atoms with Crippen LogP contribution in [-0.2, 0) is 9.59 Å². The molecule has 1 saturated heterocycles. The molecule has 0 aromatic heterocycles. The third kappa shape index (κ3) is 3.05. The van der Waals surface area contributed by atoms with E-state index in [9.17, 15) is 23.2 Å². The molecule has 1 fully saturated rings. The van der Waals surface area contributed by atoms with Crippen LogP contribution >= 0.6 is 0 Å². The molecule has 0 saturated carbocycles. The summed E-state index contributed by atoms with van der Waals surface area (Å²) >= 11 is 0. The van der Waals surface area contributed by atoms with Crippen LogP contribution in [0.1, 0.15) is 5.56 Å². The van der Waals surface area contributed by atoms with Gasteiger partial charge in [-0.3, -0.25) is 20.2 Å². The topological polar surface area (TPSA) is 75.3 Å². The lowest BCUT2D eigenvalue weighted by atomic mass is 10.0.